The van der Waals surface area contributed by atoms with Crippen molar-refractivity contribution >= 4 is 11.6 Å². The molecule has 1 aliphatic rings. The molecule has 0 radical (unpaired) electrons. The average molecular weight is 228 g/mol. The first-order chi connectivity index (χ1) is 7.02. The second-order valence-electron chi connectivity index (χ2n) is 4.52. The third-order valence-electron chi connectivity index (χ3n) is 3.14. The molecule has 2 N–H and O–H groups in total. The quantitative estimate of drug-likeness (QED) is 0.843. The van der Waals surface area contributed by atoms with E-state index >= 15 is 0 Å². The van der Waals surface area contributed by atoms with Gasteiger partial charge in [-0.2, -0.15) is 0 Å². The summed E-state index contributed by atoms with van der Waals surface area (Å²) in [5.41, 5.74) is 7.47. The molecule has 0 aliphatic heterocycles. The maximum atomic E-state index is 13.5. The van der Waals surface area contributed by atoms with Gasteiger partial charge in [0.05, 0.1) is 0 Å². The fourth-order valence-electron chi connectivity index (χ4n) is 1.73. The number of hydrogen-bond acceptors (Lipinski definition) is 1. The van der Waals surface area contributed by atoms with Gasteiger partial charge in [0, 0.05) is 16.1 Å². The lowest BCUT2D eigenvalue weighted by molar-refractivity contribution is 0.571. The Morgan fingerprint density at radius 1 is 1.47 bits per heavy atom. The van der Waals surface area contributed by atoms with Gasteiger partial charge in [0.25, 0.3) is 0 Å². The lowest BCUT2D eigenvalue weighted by atomic mass is 10.0. The lowest BCUT2D eigenvalue weighted by Crippen LogP contribution is -2.22. The molecule has 1 nitrogen and oxygen atoms in total. The zero-order valence-corrected chi connectivity index (χ0v) is 9.57. The van der Waals surface area contributed by atoms with Crippen LogP contribution in [0, 0.1) is 12.7 Å². The molecule has 0 heterocycles. The molecule has 1 aliphatic carbocycles. The highest BCUT2D eigenvalue weighted by Crippen LogP contribution is 2.37. The summed E-state index contributed by atoms with van der Waals surface area (Å²) in [4.78, 5) is 0. The van der Waals surface area contributed by atoms with Crippen LogP contribution in [-0.2, 0) is 6.42 Å². The summed E-state index contributed by atoms with van der Waals surface area (Å²) >= 11 is 6.07. The van der Waals surface area contributed by atoms with Crippen molar-refractivity contribution in [2.45, 2.75) is 38.1 Å². The molecular formula is C12H15ClFN. The Morgan fingerprint density at radius 2 is 2.13 bits per heavy atom. The maximum Gasteiger partial charge on any atom is 0.127 e. The topological polar surface area (TPSA) is 26.0 Å². The van der Waals surface area contributed by atoms with E-state index in [-0.39, 0.29) is 11.4 Å². The third-order valence-corrected chi connectivity index (χ3v) is 3.67. The van der Waals surface area contributed by atoms with E-state index < -0.39 is 0 Å². The van der Waals surface area contributed by atoms with E-state index in [1.807, 2.05) is 6.92 Å². The minimum atomic E-state index is -0.213. The lowest BCUT2D eigenvalue weighted by Gasteiger charge is -2.11. The second kappa shape index (κ2) is 3.76. The molecule has 0 spiro atoms. The predicted molar refractivity (Wildman–Crippen MR) is 60.6 cm³/mol. The molecule has 82 valence electrons. The fourth-order valence-corrected chi connectivity index (χ4v) is 1.98. The summed E-state index contributed by atoms with van der Waals surface area (Å²) in [6.07, 6.45) is 3.58. The molecule has 1 aromatic carbocycles. The van der Waals surface area contributed by atoms with Crippen molar-refractivity contribution in [2.75, 3.05) is 0 Å². The first-order valence-corrected chi connectivity index (χ1v) is 5.62. The highest BCUT2D eigenvalue weighted by Gasteiger charge is 2.37. The Kier molecular flexibility index (Phi) is 2.73. The van der Waals surface area contributed by atoms with E-state index in [0.717, 1.165) is 24.8 Å². The molecule has 3 heteroatoms. The Morgan fingerprint density at radius 3 is 2.73 bits per heavy atom. The molecule has 0 unspecified atom stereocenters. The number of rotatable bonds is 3. The second-order valence-corrected chi connectivity index (χ2v) is 4.90. The normalized spacial score (nSPS) is 17.9. The molecule has 15 heavy (non-hydrogen) atoms. The van der Waals surface area contributed by atoms with E-state index in [9.17, 15) is 4.39 Å². The molecule has 0 bridgehead atoms. The van der Waals surface area contributed by atoms with Gasteiger partial charge in [0.15, 0.2) is 0 Å². The first kappa shape index (κ1) is 10.9. The monoisotopic (exact) mass is 227 g/mol. The van der Waals surface area contributed by atoms with Gasteiger partial charge in [-0.15, -0.1) is 0 Å². The molecule has 1 fully saturated rings. The minimum absolute atomic E-state index is 0.0421. The van der Waals surface area contributed by atoms with Gasteiger partial charge in [-0.25, -0.2) is 4.39 Å². The first-order valence-electron chi connectivity index (χ1n) is 5.24. The Balaban J connectivity index is 2.16. The average Bonchev–Trinajstić information content (AvgIpc) is 2.91. The zero-order valence-electron chi connectivity index (χ0n) is 8.82. The van der Waals surface area contributed by atoms with Crippen LogP contribution >= 0.6 is 11.6 Å². The minimum Gasteiger partial charge on any atom is -0.325 e. The van der Waals surface area contributed by atoms with Gasteiger partial charge in [-0.3, -0.25) is 0 Å². The molecule has 0 saturated heterocycles. The largest absolute Gasteiger partial charge is 0.325 e. The van der Waals surface area contributed by atoms with Crippen LogP contribution in [0.1, 0.15) is 30.4 Å². The highest BCUT2D eigenvalue weighted by atomic mass is 35.5. The Labute approximate surface area is 94.4 Å². The smallest absolute Gasteiger partial charge is 0.127 e. The van der Waals surface area contributed by atoms with Crippen LogP contribution in [-0.4, -0.2) is 5.54 Å². The number of halogens is 2. The predicted octanol–water partition coefficient (Wildman–Crippen LogP) is 3.21. The molecule has 0 amide bonds. The van der Waals surface area contributed by atoms with Gasteiger partial charge in [0.1, 0.15) is 5.82 Å². The number of nitrogens with two attached hydrogens (primary N) is 1. The van der Waals surface area contributed by atoms with Gasteiger partial charge >= 0.3 is 0 Å². The number of benzene rings is 1. The van der Waals surface area contributed by atoms with E-state index in [2.05, 4.69) is 0 Å². The summed E-state index contributed by atoms with van der Waals surface area (Å²) in [5.74, 6) is -0.213. The van der Waals surface area contributed by atoms with Crippen LogP contribution in [0.4, 0.5) is 4.39 Å². The molecule has 1 saturated carbocycles. The standard InChI is InChI=1S/C12H15ClFN/c1-8-2-3-10(14)9(11(8)13)4-5-12(15)6-7-12/h2-3H,4-7,15H2,1H3. The van der Waals surface area contributed by atoms with Crippen molar-refractivity contribution in [3.05, 3.63) is 34.1 Å². The van der Waals surface area contributed by atoms with Crippen molar-refractivity contribution < 1.29 is 4.39 Å². The Hall–Kier alpha value is -0.600. The summed E-state index contributed by atoms with van der Waals surface area (Å²) < 4.78 is 13.5. The summed E-state index contributed by atoms with van der Waals surface area (Å²) in [7, 11) is 0. The van der Waals surface area contributed by atoms with Crippen molar-refractivity contribution in [3.63, 3.8) is 0 Å². The summed E-state index contributed by atoms with van der Waals surface area (Å²) in [6, 6.07) is 3.18. The summed E-state index contributed by atoms with van der Waals surface area (Å²) in [5, 5.41) is 0.555. The summed E-state index contributed by atoms with van der Waals surface area (Å²) in [6.45, 7) is 1.89. The SMILES string of the molecule is Cc1ccc(F)c(CCC2(N)CC2)c1Cl. The van der Waals surface area contributed by atoms with Crippen molar-refractivity contribution in [1.82, 2.24) is 0 Å². The van der Waals surface area contributed by atoms with E-state index in [0.29, 0.717) is 17.0 Å². The van der Waals surface area contributed by atoms with E-state index in [1.165, 1.54) is 6.07 Å². The Bertz CT molecular complexity index is 385. The van der Waals surface area contributed by atoms with Gasteiger partial charge < -0.3 is 5.73 Å². The third kappa shape index (κ3) is 2.32. The maximum absolute atomic E-state index is 13.5. The van der Waals surface area contributed by atoms with Crippen LogP contribution in [0.5, 0.6) is 0 Å². The fraction of sp³-hybridized carbons (Fsp3) is 0.500. The van der Waals surface area contributed by atoms with Crippen molar-refractivity contribution in [2.24, 2.45) is 5.73 Å². The molecule has 1 aromatic rings. The van der Waals surface area contributed by atoms with Crippen molar-refractivity contribution in [3.8, 4) is 0 Å². The van der Waals surface area contributed by atoms with Crippen LogP contribution in [0.3, 0.4) is 0 Å². The molecule has 2 rings (SSSR count). The molecule has 0 atom stereocenters. The van der Waals surface area contributed by atoms with Crippen LogP contribution in [0.15, 0.2) is 12.1 Å². The van der Waals surface area contributed by atoms with Crippen molar-refractivity contribution in [1.29, 1.82) is 0 Å². The van der Waals surface area contributed by atoms with E-state index in [4.69, 9.17) is 17.3 Å². The van der Waals surface area contributed by atoms with Gasteiger partial charge in [-0.05, 0) is 44.2 Å². The van der Waals surface area contributed by atoms with Crippen LogP contribution in [0.25, 0.3) is 0 Å². The van der Waals surface area contributed by atoms with E-state index in [1.54, 1.807) is 6.07 Å². The number of hydrogen-bond donors (Lipinski definition) is 1. The highest BCUT2D eigenvalue weighted by molar-refractivity contribution is 6.32. The van der Waals surface area contributed by atoms with Gasteiger partial charge in [-0.1, -0.05) is 17.7 Å². The number of aryl methyl sites for hydroxylation is 1. The van der Waals surface area contributed by atoms with Crippen LogP contribution in [0.2, 0.25) is 5.02 Å². The zero-order chi connectivity index (χ0) is 11.1. The molecule has 0 aromatic heterocycles. The van der Waals surface area contributed by atoms with Crippen LogP contribution < -0.4 is 5.73 Å². The van der Waals surface area contributed by atoms with Gasteiger partial charge in [0.2, 0.25) is 0 Å². The molecular weight excluding hydrogens is 213 g/mol.